The number of pyridine rings is 1. The highest BCUT2D eigenvalue weighted by Crippen LogP contribution is 2.38. The third-order valence-corrected chi connectivity index (χ3v) is 5.13. The predicted molar refractivity (Wildman–Crippen MR) is 130 cm³/mol. The highest BCUT2D eigenvalue weighted by molar-refractivity contribution is 6.46. The minimum Gasteiger partial charge on any atom is -0.495 e. The van der Waals surface area contributed by atoms with Crippen molar-refractivity contribution >= 4 is 58.2 Å². The number of hydrazone groups is 1. The number of nitrogens with one attached hydrogen (secondary N) is 2. The second kappa shape index (κ2) is 12.0. The number of benzene rings is 1. The standard InChI is InChI=1S/C21H14Cl3N7O5/c1-35-13-3-2-11(26-9-13)4-10-5-17(30-31-19(10)24)36-18-14(22)6-12(7-15(18)23)28-29-16(8-25)20(32)27-21(33)34/h2-3,5-7,9,28H,4H2,1H3,(H,27,32)(H,33,34)/b29-16-. The van der Waals surface area contributed by atoms with Crippen molar-refractivity contribution in [2.75, 3.05) is 12.5 Å². The zero-order chi connectivity index (χ0) is 26.2. The summed E-state index contributed by atoms with van der Waals surface area (Å²) in [6.07, 6.45) is 0.282. The van der Waals surface area contributed by atoms with Crippen LogP contribution in [-0.4, -0.2) is 45.1 Å². The lowest BCUT2D eigenvalue weighted by atomic mass is 10.1. The SMILES string of the molecule is COc1ccc(Cc2cc(Oc3c(Cl)cc(N/N=C(/C#N)C(=O)NC(=O)O)cc3Cl)nnc2Cl)nc1. The van der Waals surface area contributed by atoms with Gasteiger partial charge >= 0.3 is 6.09 Å². The lowest BCUT2D eigenvalue weighted by molar-refractivity contribution is -0.114. The summed E-state index contributed by atoms with van der Waals surface area (Å²) in [5.41, 5.74) is 3.14. The molecular formula is C21H14Cl3N7O5. The topological polar surface area (TPSA) is 172 Å². The van der Waals surface area contributed by atoms with Crippen LogP contribution in [-0.2, 0) is 11.2 Å². The Kier molecular flexibility index (Phi) is 8.80. The van der Waals surface area contributed by atoms with E-state index in [1.807, 2.05) is 0 Å². The number of nitrogens with zero attached hydrogens (tertiary/aromatic N) is 5. The molecule has 0 radical (unpaired) electrons. The number of carboxylic acid groups (broad SMARTS) is 1. The van der Waals surface area contributed by atoms with Gasteiger partial charge in [0.05, 0.1) is 29.0 Å². The minimum absolute atomic E-state index is 0.0313. The van der Waals surface area contributed by atoms with Crippen molar-refractivity contribution < 1.29 is 24.2 Å². The van der Waals surface area contributed by atoms with Crippen LogP contribution in [0.4, 0.5) is 10.5 Å². The maximum atomic E-state index is 11.6. The van der Waals surface area contributed by atoms with Gasteiger partial charge in [0.1, 0.15) is 11.8 Å². The molecule has 15 heteroatoms. The van der Waals surface area contributed by atoms with E-state index in [0.717, 1.165) is 0 Å². The molecule has 0 saturated heterocycles. The van der Waals surface area contributed by atoms with Crippen molar-refractivity contribution in [3.05, 3.63) is 63.0 Å². The van der Waals surface area contributed by atoms with Crippen molar-refractivity contribution in [2.45, 2.75) is 6.42 Å². The van der Waals surface area contributed by atoms with Crippen molar-refractivity contribution in [1.82, 2.24) is 20.5 Å². The van der Waals surface area contributed by atoms with Crippen molar-refractivity contribution in [3.8, 4) is 23.4 Å². The number of amides is 2. The van der Waals surface area contributed by atoms with Gasteiger partial charge in [-0.15, -0.1) is 10.2 Å². The second-order valence-electron chi connectivity index (χ2n) is 6.68. The third kappa shape index (κ3) is 6.92. The van der Waals surface area contributed by atoms with Crippen LogP contribution in [0, 0.1) is 11.3 Å². The quantitative estimate of drug-likeness (QED) is 0.271. The van der Waals surface area contributed by atoms with Gasteiger partial charge in [0.15, 0.2) is 10.9 Å². The zero-order valence-electron chi connectivity index (χ0n) is 18.1. The molecule has 0 aliphatic heterocycles. The molecule has 0 fully saturated rings. The van der Waals surface area contributed by atoms with Crippen molar-refractivity contribution in [3.63, 3.8) is 0 Å². The van der Waals surface area contributed by atoms with E-state index in [1.54, 1.807) is 31.5 Å². The number of carbonyl (C=O) groups excluding carboxylic acids is 1. The van der Waals surface area contributed by atoms with E-state index < -0.39 is 17.7 Å². The van der Waals surface area contributed by atoms with Gasteiger partial charge in [-0.05, 0) is 24.3 Å². The van der Waals surface area contributed by atoms with E-state index in [4.69, 9.17) is 54.6 Å². The monoisotopic (exact) mass is 549 g/mol. The molecule has 2 heterocycles. The fourth-order valence-corrected chi connectivity index (χ4v) is 3.35. The van der Waals surface area contributed by atoms with Gasteiger partial charge in [0, 0.05) is 23.7 Å². The van der Waals surface area contributed by atoms with Crippen LogP contribution in [0.1, 0.15) is 11.3 Å². The Labute approximate surface area is 218 Å². The number of hydrogen-bond acceptors (Lipinski definition) is 10. The first-order valence-electron chi connectivity index (χ1n) is 9.66. The molecular weight excluding hydrogens is 537 g/mol. The zero-order valence-corrected chi connectivity index (χ0v) is 20.4. The number of methoxy groups -OCH3 is 1. The molecule has 0 bridgehead atoms. The molecule has 0 aliphatic rings. The highest BCUT2D eigenvalue weighted by atomic mass is 35.5. The highest BCUT2D eigenvalue weighted by Gasteiger charge is 2.16. The Balaban J connectivity index is 1.78. The van der Waals surface area contributed by atoms with Gasteiger partial charge in [0.25, 0.3) is 5.91 Å². The molecule has 2 amide bonds. The van der Waals surface area contributed by atoms with Crippen molar-refractivity contribution in [2.24, 2.45) is 5.10 Å². The molecule has 184 valence electrons. The summed E-state index contributed by atoms with van der Waals surface area (Å²) >= 11 is 18.7. The lowest BCUT2D eigenvalue weighted by Gasteiger charge is -2.12. The number of halogens is 3. The molecule has 0 unspecified atom stereocenters. The average molecular weight is 551 g/mol. The Morgan fingerprint density at radius 3 is 2.47 bits per heavy atom. The fraction of sp³-hybridized carbons (Fsp3) is 0.0952. The van der Waals surface area contributed by atoms with E-state index in [9.17, 15) is 9.59 Å². The summed E-state index contributed by atoms with van der Waals surface area (Å²) in [6.45, 7) is 0. The molecule has 0 saturated carbocycles. The summed E-state index contributed by atoms with van der Waals surface area (Å²) in [5.74, 6) is -0.497. The van der Waals surface area contributed by atoms with Crippen LogP contribution in [0.15, 0.2) is 41.6 Å². The lowest BCUT2D eigenvalue weighted by Crippen LogP contribution is -2.34. The smallest absolute Gasteiger partial charge is 0.411 e. The summed E-state index contributed by atoms with van der Waals surface area (Å²) in [5, 5.41) is 30.6. The summed E-state index contributed by atoms with van der Waals surface area (Å²) < 4.78 is 10.8. The first-order chi connectivity index (χ1) is 17.2. The van der Waals surface area contributed by atoms with E-state index in [1.165, 1.54) is 23.5 Å². The van der Waals surface area contributed by atoms with Gasteiger partial charge in [0.2, 0.25) is 11.6 Å². The number of nitriles is 1. The van der Waals surface area contributed by atoms with Crippen LogP contribution >= 0.6 is 34.8 Å². The Bertz CT molecular complexity index is 1350. The molecule has 1 aromatic carbocycles. The number of carbonyl (C=O) groups is 2. The number of aromatic nitrogens is 3. The number of imide groups is 1. The van der Waals surface area contributed by atoms with E-state index in [0.29, 0.717) is 23.4 Å². The summed E-state index contributed by atoms with van der Waals surface area (Å²) in [4.78, 5) is 26.4. The largest absolute Gasteiger partial charge is 0.495 e. The first kappa shape index (κ1) is 26.4. The Morgan fingerprint density at radius 1 is 1.17 bits per heavy atom. The number of anilines is 1. The normalized spacial score (nSPS) is 10.8. The van der Waals surface area contributed by atoms with Crippen LogP contribution in [0.5, 0.6) is 17.4 Å². The maximum absolute atomic E-state index is 11.6. The Hall–Kier alpha value is -4.18. The summed E-state index contributed by atoms with van der Waals surface area (Å²) in [7, 11) is 1.54. The van der Waals surface area contributed by atoms with Crippen LogP contribution in [0.2, 0.25) is 15.2 Å². The van der Waals surface area contributed by atoms with Crippen LogP contribution < -0.4 is 20.2 Å². The third-order valence-electron chi connectivity index (χ3n) is 4.25. The first-order valence-corrected chi connectivity index (χ1v) is 10.8. The molecule has 0 spiro atoms. The number of hydrogen-bond donors (Lipinski definition) is 3. The van der Waals surface area contributed by atoms with Gasteiger partial charge < -0.3 is 14.6 Å². The van der Waals surface area contributed by atoms with E-state index in [2.05, 4.69) is 25.7 Å². The molecule has 3 rings (SSSR count). The molecule has 3 aromatic rings. The molecule has 3 N–H and O–H groups in total. The average Bonchev–Trinajstić information content (AvgIpc) is 2.83. The van der Waals surface area contributed by atoms with Crippen LogP contribution in [0.3, 0.4) is 0 Å². The second-order valence-corrected chi connectivity index (χ2v) is 7.85. The fourth-order valence-electron chi connectivity index (χ4n) is 2.63. The Morgan fingerprint density at radius 2 is 1.89 bits per heavy atom. The number of ether oxygens (including phenoxy) is 2. The molecule has 36 heavy (non-hydrogen) atoms. The maximum Gasteiger partial charge on any atom is 0.411 e. The molecule has 2 aromatic heterocycles. The van der Waals surface area contributed by atoms with Crippen molar-refractivity contribution in [1.29, 1.82) is 5.26 Å². The predicted octanol–water partition coefficient (Wildman–Crippen LogP) is 4.31. The van der Waals surface area contributed by atoms with Gasteiger partial charge in [-0.1, -0.05) is 34.8 Å². The number of rotatable bonds is 8. The van der Waals surface area contributed by atoms with Crippen LogP contribution in [0.25, 0.3) is 0 Å². The molecule has 12 nitrogen and oxygen atoms in total. The molecule has 0 aliphatic carbocycles. The minimum atomic E-state index is -1.63. The van der Waals surface area contributed by atoms with E-state index in [-0.39, 0.29) is 32.5 Å². The summed E-state index contributed by atoms with van der Waals surface area (Å²) in [6, 6.07) is 9.27. The molecule has 0 atom stereocenters. The van der Waals surface area contributed by atoms with E-state index >= 15 is 0 Å². The van der Waals surface area contributed by atoms with Gasteiger partial charge in [-0.2, -0.15) is 10.4 Å². The van der Waals surface area contributed by atoms with Gasteiger partial charge in [-0.3, -0.25) is 20.5 Å². The van der Waals surface area contributed by atoms with Gasteiger partial charge in [-0.25, -0.2) is 4.79 Å².